The van der Waals surface area contributed by atoms with Crippen LogP contribution in [0.2, 0.25) is 10.0 Å². The van der Waals surface area contributed by atoms with Crippen LogP contribution in [0.4, 0.5) is 0 Å². The standard InChI is InChI=1S/C19H16Cl2O5/c1-24-14-5-7-18(25-2)13(9-14)4-8-19(23)26-11-17(22)12-3-6-15(20)16(21)10-12/h3-10H,11H2,1-2H3/b8-4+. The molecule has 0 heterocycles. The molecule has 0 N–H and O–H groups in total. The predicted molar refractivity (Wildman–Crippen MR) is 100 cm³/mol. The monoisotopic (exact) mass is 394 g/mol. The summed E-state index contributed by atoms with van der Waals surface area (Å²) in [5.74, 6) is 0.142. The number of halogens is 2. The number of carbonyl (C=O) groups is 2. The number of hydrogen-bond acceptors (Lipinski definition) is 5. The molecular formula is C19H16Cl2O5. The lowest BCUT2D eigenvalue weighted by Gasteiger charge is -2.07. The van der Waals surface area contributed by atoms with E-state index in [2.05, 4.69) is 0 Å². The largest absolute Gasteiger partial charge is 0.497 e. The van der Waals surface area contributed by atoms with Crippen molar-refractivity contribution in [3.05, 3.63) is 63.6 Å². The fraction of sp³-hybridized carbons (Fsp3) is 0.158. The molecule has 0 bridgehead atoms. The van der Waals surface area contributed by atoms with E-state index >= 15 is 0 Å². The molecular weight excluding hydrogens is 379 g/mol. The smallest absolute Gasteiger partial charge is 0.331 e. The third kappa shape index (κ3) is 5.25. The summed E-state index contributed by atoms with van der Waals surface area (Å²) in [4.78, 5) is 23.9. The number of methoxy groups -OCH3 is 2. The van der Waals surface area contributed by atoms with E-state index in [1.54, 1.807) is 18.2 Å². The number of esters is 1. The normalized spacial score (nSPS) is 10.6. The first kappa shape index (κ1) is 19.8. The van der Waals surface area contributed by atoms with Gasteiger partial charge in [-0.05, 0) is 42.5 Å². The van der Waals surface area contributed by atoms with Gasteiger partial charge in [0.2, 0.25) is 0 Å². The first-order valence-corrected chi connectivity index (χ1v) is 8.25. The van der Waals surface area contributed by atoms with Gasteiger partial charge in [-0.2, -0.15) is 0 Å². The minimum Gasteiger partial charge on any atom is -0.497 e. The van der Waals surface area contributed by atoms with Gasteiger partial charge >= 0.3 is 5.97 Å². The van der Waals surface area contributed by atoms with Crippen LogP contribution in [0.15, 0.2) is 42.5 Å². The van der Waals surface area contributed by atoms with Crippen LogP contribution in [0.25, 0.3) is 6.08 Å². The van der Waals surface area contributed by atoms with Crippen LogP contribution >= 0.6 is 23.2 Å². The number of carbonyl (C=O) groups excluding carboxylic acids is 2. The van der Waals surface area contributed by atoms with E-state index in [0.29, 0.717) is 27.6 Å². The Morgan fingerprint density at radius 3 is 2.42 bits per heavy atom. The molecule has 0 radical (unpaired) electrons. The zero-order valence-corrected chi connectivity index (χ0v) is 15.6. The van der Waals surface area contributed by atoms with E-state index in [0.717, 1.165) is 0 Å². The molecule has 0 aliphatic heterocycles. The first-order valence-electron chi connectivity index (χ1n) is 7.49. The maximum absolute atomic E-state index is 12.0. The van der Waals surface area contributed by atoms with E-state index in [1.165, 1.54) is 44.6 Å². The topological polar surface area (TPSA) is 61.8 Å². The molecule has 0 saturated heterocycles. The Kier molecular flexibility index (Phi) is 7.06. The predicted octanol–water partition coefficient (Wildman–Crippen LogP) is 4.45. The second kappa shape index (κ2) is 9.27. The summed E-state index contributed by atoms with van der Waals surface area (Å²) in [6.07, 6.45) is 2.73. The van der Waals surface area contributed by atoms with Crippen molar-refractivity contribution in [2.75, 3.05) is 20.8 Å². The van der Waals surface area contributed by atoms with Crippen molar-refractivity contribution in [1.82, 2.24) is 0 Å². The van der Waals surface area contributed by atoms with Crippen molar-refractivity contribution in [3.8, 4) is 11.5 Å². The van der Waals surface area contributed by atoms with Crippen LogP contribution in [-0.4, -0.2) is 32.6 Å². The zero-order chi connectivity index (χ0) is 19.1. The maximum atomic E-state index is 12.0. The molecule has 5 nitrogen and oxygen atoms in total. The molecule has 0 unspecified atom stereocenters. The second-order valence-electron chi connectivity index (χ2n) is 5.10. The van der Waals surface area contributed by atoms with Gasteiger partial charge in [-0.1, -0.05) is 23.2 Å². The summed E-state index contributed by atoms with van der Waals surface area (Å²) in [5.41, 5.74) is 0.949. The number of ketones is 1. The highest BCUT2D eigenvalue weighted by Gasteiger charge is 2.11. The van der Waals surface area contributed by atoms with Gasteiger partial charge in [-0.25, -0.2) is 4.79 Å². The highest BCUT2D eigenvalue weighted by atomic mass is 35.5. The van der Waals surface area contributed by atoms with Gasteiger partial charge in [0.1, 0.15) is 11.5 Å². The van der Waals surface area contributed by atoms with Crippen LogP contribution in [-0.2, 0) is 9.53 Å². The Bertz CT molecular complexity index is 846. The minimum absolute atomic E-state index is 0.258. The molecule has 0 aliphatic carbocycles. The lowest BCUT2D eigenvalue weighted by Crippen LogP contribution is -2.12. The Morgan fingerprint density at radius 1 is 1.00 bits per heavy atom. The first-order chi connectivity index (χ1) is 12.4. The van der Waals surface area contributed by atoms with Gasteiger partial charge in [-0.3, -0.25) is 4.79 Å². The van der Waals surface area contributed by atoms with Crippen molar-refractivity contribution in [1.29, 1.82) is 0 Å². The summed E-state index contributed by atoms with van der Waals surface area (Å²) in [6, 6.07) is 9.62. The van der Waals surface area contributed by atoms with Crippen molar-refractivity contribution in [2.24, 2.45) is 0 Å². The van der Waals surface area contributed by atoms with Gasteiger partial charge in [0.25, 0.3) is 0 Å². The zero-order valence-electron chi connectivity index (χ0n) is 14.1. The number of benzene rings is 2. The van der Waals surface area contributed by atoms with Crippen molar-refractivity contribution in [2.45, 2.75) is 0 Å². The Morgan fingerprint density at radius 2 is 1.77 bits per heavy atom. The third-order valence-electron chi connectivity index (χ3n) is 3.42. The molecule has 0 fully saturated rings. The summed E-state index contributed by atoms with van der Waals surface area (Å²) in [5, 5.41) is 0.601. The molecule has 0 spiro atoms. The van der Waals surface area contributed by atoms with E-state index < -0.39 is 12.6 Å². The molecule has 7 heteroatoms. The quantitative estimate of drug-likeness (QED) is 0.394. The highest BCUT2D eigenvalue weighted by molar-refractivity contribution is 6.42. The van der Waals surface area contributed by atoms with Crippen LogP contribution in [0.1, 0.15) is 15.9 Å². The van der Waals surface area contributed by atoms with Crippen LogP contribution in [0, 0.1) is 0 Å². The molecule has 136 valence electrons. The van der Waals surface area contributed by atoms with Gasteiger partial charge in [-0.15, -0.1) is 0 Å². The Labute approximate surface area is 161 Å². The summed E-state index contributed by atoms with van der Waals surface area (Å²) >= 11 is 11.7. The molecule has 2 rings (SSSR count). The average Bonchev–Trinajstić information content (AvgIpc) is 2.66. The van der Waals surface area contributed by atoms with Crippen LogP contribution < -0.4 is 9.47 Å². The van der Waals surface area contributed by atoms with E-state index in [9.17, 15) is 9.59 Å². The fourth-order valence-electron chi connectivity index (χ4n) is 2.07. The van der Waals surface area contributed by atoms with Gasteiger partial charge in [0.05, 0.1) is 24.3 Å². The molecule has 0 atom stereocenters. The Hall–Kier alpha value is -2.50. The number of ether oxygens (including phenoxy) is 3. The molecule has 0 aliphatic rings. The SMILES string of the molecule is COc1ccc(OC)c(/C=C/C(=O)OCC(=O)c2ccc(Cl)c(Cl)c2)c1. The molecule has 2 aromatic rings. The van der Waals surface area contributed by atoms with Crippen LogP contribution in [0.3, 0.4) is 0 Å². The second-order valence-corrected chi connectivity index (χ2v) is 5.92. The molecule has 0 aromatic heterocycles. The van der Waals surface area contributed by atoms with Gasteiger partial charge in [0.15, 0.2) is 12.4 Å². The maximum Gasteiger partial charge on any atom is 0.331 e. The van der Waals surface area contributed by atoms with Gasteiger partial charge < -0.3 is 14.2 Å². The Balaban J connectivity index is 1.99. The highest BCUT2D eigenvalue weighted by Crippen LogP contribution is 2.25. The lowest BCUT2D eigenvalue weighted by molar-refractivity contribution is -0.136. The lowest BCUT2D eigenvalue weighted by atomic mass is 10.1. The number of hydrogen-bond donors (Lipinski definition) is 0. The molecule has 0 saturated carbocycles. The van der Waals surface area contributed by atoms with Gasteiger partial charge in [0, 0.05) is 17.2 Å². The average molecular weight is 395 g/mol. The van der Waals surface area contributed by atoms with E-state index in [-0.39, 0.29) is 10.8 Å². The third-order valence-corrected chi connectivity index (χ3v) is 4.16. The molecule has 26 heavy (non-hydrogen) atoms. The molecule has 0 amide bonds. The van der Waals surface area contributed by atoms with Crippen molar-refractivity contribution in [3.63, 3.8) is 0 Å². The number of rotatable bonds is 7. The van der Waals surface area contributed by atoms with E-state index in [4.69, 9.17) is 37.4 Å². The van der Waals surface area contributed by atoms with Crippen molar-refractivity contribution < 1.29 is 23.8 Å². The summed E-state index contributed by atoms with van der Waals surface area (Å²) in [6.45, 7) is -0.406. The fourth-order valence-corrected chi connectivity index (χ4v) is 2.36. The number of Topliss-reactive ketones (excluding diaryl/α,β-unsaturated/α-hetero) is 1. The van der Waals surface area contributed by atoms with E-state index in [1.807, 2.05) is 0 Å². The van der Waals surface area contributed by atoms with Crippen molar-refractivity contribution >= 4 is 41.0 Å². The summed E-state index contributed by atoms with van der Waals surface area (Å²) < 4.78 is 15.3. The summed E-state index contributed by atoms with van der Waals surface area (Å²) in [7, 11) is 3.06. The van der Waals surface area contributed by atoms with Crippen LogP contribution in [0.5, 0.6) is 11.5 Å². The molecule has 2 aromatic carbocycles. The minimum atomic E-state index is -0.664.